The number of esters is 1. The summed E-state index contributed by atoms with van der Waals surface area (Å²) in [6.45, 7) is 2.31. The highest BCUT2D eigenvalue weighted by atomic mass is 35.5. The molecule has 0 aliphatic heterocycles. The monoisotopic (exact) mass is 227 g/mol. The Morgan fingerprint density at radius 2 is 2.07 bits per heavy atom. The highest BCUT2D eigenvalue weighted by Gasteiger charge is 2.11. The van der Waals surface area contributed by atoms with E-state index in [-0.39, 0.29) is 18.5 Å². The van der Waals surface area contributed by atoms with Crippen LogP contribution in [0.2, 0.25) is 5.02 Å². The van der Waals surface area contributed by atoms with E-state index in [4.69, 9.17) is 22.1 Å². The van der Waals surface area contributed by atoms with E-state index in [1.165, 1.54) is 0 Å². The first kappa shape index (κ1) is 12.0. The molecular formula is C11H14ClNO2. The van der Waals surface area contributed by atoms with Crippen molar-refractivity contribution in [3.8, 4) is 0 Å². The Balaban J connectivity index is 2.43. The van der Waals surface area contributed by atoms with Crippen molar-refractivity contribution in [3.05, 3.63) is 34.9 Å². The van der Waals surface area contributed by atoms with Crippen molar-refractivity contribution < 1.29 is 9.53 Å². The molecule has 3 nitrogen and oxygen atoms in total. The first-order valence-corrected chi connectivity index (χ1v) is 5.12. The summed E-state index contributed by atoms with van der Waals surface area (Å²) in [7, 11) is 0. The number of nitrogens with two attached hydrogens (primary N) is 1. The van der Waals surface area contributed by atoms with Crippen LogP contribution in [-0.2, 0) is 16.1 Å². The molecule has 1 atom stereocenters. The normalized spacial score (nSPS) is 12.2. The molecule has 0 aliphatic carbocycles. The van der Waals surface area contributed by atoms with E-state index in [2.05, 4.69) is 0 Å². The summed E-state index contributed by atoms with van der Waals surface area (Å²) in [5, 5.41) is 0.667. The number of ether oxygens (including phenoxy) is 1. The van der Waals surface area contributed by atoms with Crippen LogP contribution in [0.5, 0.6) is 0 Å². The molecule has 0 aliphatic rings. The fourth-order valence-electron chi connectivity index (χ4n) is 0.974. The zero-order valence-corrected chi connectivity index (χ0v) is 9.33. The predicted molar refractivity (Wildman–Crippen MR) is 59.5 cm³/mol. The van der Waals surface area contributed by atoms with Gasteiger partial charge in [0.05, 0.1) is 5.92 Å². The SMILES string of the molecule is CC(CN)C(=O)OCc1ccc(Cl)cc1. The Bertz CT molecular complexity index is 324. The van der Waals surface area contributed by atoms with Crippen LogP contribution >= 0.6 is 11.6 Å². The minimum absolute atomic E-state index is 0.252. The van der Waals surface area contributed by atoms with E-state index in [0.717, 1.165) is 5.56 Å². The molecule has 0 heterocycles. The summed E-state index contributed by atoms with van der Waals surface area (Å²) < 4.78 is 5.06. The highest BCUT2D eigenvalue weighted by molar-refractivity contribution is 6.30. The predicted octanol–water partition coefficient (Wildman–Crippen LogP) is 1.98. The minimum atomic E-state index is -0.271. The standard InChI is InChI=1S/C11H14ClNO2/c1-8(6-13)11(14)15-7-9-2-4-10(12)5-3-9/h2-5,8H,6-7,13H2,1H3. The molecule has 2 N–H and O–H groups in total. The van der Waals surface area contributed by atoms with Crippen molar-refractivity contribution in [3.63, 3.8) is 0 Å². The van der Waals surface area contributed by atoms with Crippen molar-refractivity contribution in [1.29, 1.82) is 0 Å². The number of rotatable bonds is 4. The van der Waals surface area contributed by atoms with Crippen molar-refractivity contribution in [2.24, 2.45) is 11.7 Å². The number of benzene rings is 1. The van der Waals surface area contributed by atoms with Gasteiger partial charge in [-0.1, -0.05) is 30.7 Å². The van der Waals surface area contributed by atoms with Gasteiger partial charge in [-0.2, -0.15) is 0 Å². The minimum Gasteiger partial charge on any atom is -0.461 e. The molecule has 0 bridgehead atoms. The van der Waals surface area contributed by atoms with Gasteiger partial charge in [-0.25, -0.2) is 0 Å². The molecule has 1 unspecified atom stereocenters. The summed E-state index contributed by atoms with van der Waals surface area (Å²) in [6, 6.07) is 7.17. The van der Waals surface area contributed by atoms with Crippen molar-refractivity contribution >= 4 is 17.6 Å². The van der Waals surface area contributed by atoms with Crippen LogP contribution in [-0.4, -0.2) is 12.5 Å². The lowest BCUT2D eigenvalue weighted by atomic mass is 10.2. The molecule has 1 aromatic rings. The quantitative estimate of drug-likeness (QED) is 0.801. The fraction of sp³-hybridized carbons (Fsp3) is 0.364. The molecule has 4 heteroatoms. The third kappa shape index (κ3) is 3.90. The number of hydrogen-bond acceptors (Lipinski definition) is 3. The van der Waals surface area contributed by atoms with Gasteiger partial charge in [-0.3, -0.25) is 4.79 Å². The maximum atomic E-state index is 11.3. The molecule has 0 fully saturated rings. The van der Waals surface area contributed by atoms with Crippen LogP contribution in [0.3, 0.4) is 0 Å². The van der Waals surface area contributed by atoms with Crippen LogP contribution in [0.25, 0.3) is 0 Å². The molecule has 0 radical (unpaired) electrons. The number of halogens is 1. The van der Waals surface area contributed by atoms with Gasteiger partial charge in [-0.15, -0.1) is 0 Å². The van der Waals surface area contributed by atoms with Crippen molar-refractivity contribution in [1.82, 2.24) is 0 Å². The molecule has 82 valence electrons. The molecule has 0 saturated heterocycles. The Morgan fingerprint density at radius 3 is 2.60 bits per heavy atom. The molecule has 1 rings (SSSR count). The van der Waals surface area contributed by atoms with Gasteiger partial charge < -0.3 is 10.5 Å². The second-order valence-corrected chi connectivity index (χ2v) is 3.81. The molecule has 0 spiro atoms. The Kier molecular flexibility index (Phi) is 4.59. The first-order chi connectivity index (χ1) is 7.13. The van der Waals surface area contributed by atoms with Crippen LogP contribution in [0.1, 0.15) is 12.5 Å². The molecule has 0 amide bonds. The maximum absolute atomic E-state index is 11.3. The number of hydrogen-bond donors (Lipinski definition) is 1. The topological polar surface area (TPSA) is 52.3 Å². The van der Waals surface area contributed by atoms with E-state index in [0.29, 0.717) is 11.6 Å². The summed E-state index contributed by atoms with van der Waals surface area (Å²) in [4.78, 5) is 11.3. The van der Waals surface area contributed by atoms with Gasteiger partial charge in [0.1, 0.15) is 6.61 Å². The third-order valence-electron chi connectivity index (χ3n) is 2.05. The zero-order valence-electron chi connectivity index (χ0n) is 8.57. The van der Waals surface area contributed by atoms with E-state index in [1.54, 1.807) is 19.1 Å². The fourth-order valence-corrected chi connectivity index (χ4v) is 1.10. The van der Waals surface area contributed by atoms with Crippen LogP contribution in [0.15, 0.2) is 24.3 Å². The third-order valence-corrected chi connectivity index (χ3v) is 2.30. The van der Waals surface area contributed by atoms with E-state index in [1.807, 2.05) is 12.1 Å². The van der Waals surface area contributed by atoms with Gasteiger partial charge in [0.15, 0.2) is 0 Å². The average Bonchev–Trinajstić information content (AvgIpc) is 2.26. The maximum Gasteiger partial charge on any atom is 0.310 e. The highest BCUT2D eigenvalue weighted by Crippen LogP contribution is 2.10. The smallest absolute Gasteiger partial charge is 0.310 e. The van der Waals surface area contributed by atoms with E-state index < -0.39 is 0 Å². The Labute approximate surface area is 94.2 Å². The summed E-state index contributed by atoms with van der Waals surface area (Å²) >= 11 is 5.72. The molecular weight excluding hydrogens is 214 g/mol. The molecule has 15 heavy (non-hydrogen) atoms. The second-order valence-electron chi connectivity index (χ2n) is 3.37. The van der Waals surface area contributed by atoms with Gasteiger partial charge in [0, 0.05) is 11.6 Å². The molecule has 0 aromatic heterocycles. The van der Waals surface area contributed by atoms with Gasteiger partial charge in [-0.05, 0) is 17.7 Å². The lowest BCUT2D eigenvalue weighted by Crippen LogP contribution is -2.22. The zero-order chi connectivity index (χ0) is 11.3. The largest absolute Gasteiger partial charge is 0.461 e. The molecule has 0 saturated carbocycles. The number of carbonyl (C=O) groups is 1. The summed E-state index contributed by atoms with van der Waals surface area (Å²) in [6.07, 6.45) is 0. The van der Waals surface area contributed by atoms with Gasteiger partial charge in [0.25, 0.3) is 0 Å². The van der Waals surface area contributed by atoms with Crippen LogP contribution in [0, 0.1) is 5.92 Å². The van der Waals surface area contributed by atoms with E-state index in [9.17, 15) is 4.79 Å². The second kappa shape index (κ2) is 5.73. The lowest BCUT2D eigenvalue weighted by molar-refractivity contribution is -0.148. The lowest BCUT2D eigenvalue weighted by Gasteiger charge is -2.08. The molecule has 1 aromatic carbocycles. The number of carbonyl (C=O) groups excluding carboxylic acids is 1. The Hall–Kier alpha value is -1.06. The van der Waals surface area contributed by atoms with Crippen molar-refractivity contribution in [2.75, 3.05) is 6.54 Å². The van der Waals surface area contributed by atoms with Gasteiger partial charge in [0.2, 0.25) is 0 Å². The average molecular weight is 228 g/mol. The van der Waals surface area contributed by atoms with Crippen LogP contribution in [0.4, 0.5) is 0 Å². The Morgan fingerprint density at radius 1 is 1.47 bits per heavy atom. The van der Waals surface area contributed by atoms with Gasteiger partial charge >= 0.3 is 5.97 Å². The van der Waals surface area contributed by atoms with Crippen molar-refractivity contribution in [2.45, 2.75) is 13.5 Å². The van der Waals surface area contributed by atoms with E-state index >= 15 is 0 Å². The summed E-state index contributed by atoms with van der Waals surface area (Å²) in [5.41, 5.74) is 6.26. The van der Waals surface area contributed by atoms with Crippen LogP contribution < -0.4 is 5.73 Å². The first-order valence-electron chi connectivity index (χ1n) is 4.74. The summed E-state index contributed by atoms with van der Waals surface area (Å²) in [5.74, 6) is -0.523.